The summed E-state index contributed by atoms with van der Waals surface area (Å²) in [6.45, 7) is 0.368. The zero-order chi connectivity index (χ0) is 19.2. The highest BCUT2D eigenvalue weighted by molar-refractivity contribution is 6.07. The Kier molecular flexibility index (Phi) is 5.37. The van der Waals surface area contributed by atoms with Crippen molar-refractivity contribution in [1.82, 2.24) is 0 Å². The summed E-state index contributed by atoms with van der Waals surface area (Å²) in [5, 5.41) is 21.2. The second-order valence-electron chi connectivity index (χ2n) is 5.79. The molecule has 0 aliphatic rings. The Morgan fingerprint density at radius 3 is 2.30 bits per heavy atom. The van der Waals surface area contributed by atoms with Gasteiger partial charge in [-0.05, 0) is 48.0 Å². The number of carboxylic acid groups (broad SMARTS) is 1. The van der Waals surface area contributed by atoms with Gasteiger partial charge in [0.05, 0.1) is 11.3 Å². The number of phenolic OH excluding ortho intramolecular Hbond substituents is 1. The van der Waals surface area contributed by atoms with Gasteiger partial charge in [0, 0.05) is 5.56 Å². The molecule has 0 spiro atoms. The number of phenols is 1. The van der Waals surface area contributed by atoms with E-state index in [9.17, 15) is 19.8 Å². The van der Waals surface area contributed by atoms with Crippen LogP contribution in [0.4, 0.5) is 5.69 Å². The van der Waals surface area contributed by atoms with Crippen molar-refractivity contribution < 1.29 is 24.5 Å². The van der Waals surface area contributed by atoms with Crippen molar-refractivity contribution >= 4 is 17.6 Å². The number of carbonyl (C=O) groups excluding carboxylic acids is 1. The van der Waals surface area contributed by atoms with Crippen LogP contribution >= 0.6 is 0 Å². The first-order valence-corrected chi connectivity index (χ1v) is 8.17. The minimum atomic E-state index is -1.24. The van der Waals surface area contributed by atoms with Gasteiger partial charge in [-0.1, -0.05) is 30.3 Å². The highest BCUT2D eigenvalue weighted by Gasteiger charge is 2.14. The smallest absolute Gasteiger partial charge is 0.337 e. The van der Waals surface area contributed by atoms with Crippen LogP contribution in [0.25, 0.3) is 0 Å². The standard InChI is InChI=1S/C21H17NO5/c23-16-10-11-19(18(12-16)21(25)26)22-20(24)15-8-6-14(7-9-15)13-27-17-4-2-1-3-5-17/h1-12,23H,13H2,(H,22,24)(H,25,26). The van der Waals surface area contributed by atoms with Gasteiger partial charge in [0.15, 0.2) is 0 Å². The number of amides is 1. The van der Waals surface area contributed by atoms with Gasteiger partial charge in [-0.3, -0.25) is 4.79 Å². The number of para-hydroxylation sites is 1. The Morgan fingerprint density at radius 2 is 1.63 bits per heavy atom. The molecular formula is C21H17NO5. The van der Waals surface area contributed by atoms with Crippen LogP contribution in [-0.2, 0) is 6.61 Å². The van der Waals surface area contributed by atoms with Gasteiger partial charge in [0.25, 0.3) is 5.91 Å². The predicted molar refractivity (Wildman–Crippen MR) is 100 cm³/mol. The first kappa shape index (κ1) is 18.0. The van der Waals surface area contributed by atoms with Crippen molar-refractivity contribution in [3.8, 4) is 11.5 Å². The summed E-state index contributed by atoms with van der Waals surface area (Å²) in [6.07, 6.45) is 0. The van der Waals surface area contributed by atoms with Crippen LogP contribution in [0.5, 0.6) is 11.5 Å². The molecular weight excluding hydrogens is 346 g/mol. The Hall–Kier alpha value is -3.80. The van der Waals surface area contributed by atoms with E-state index in [1.807, 2.05) is 30.3 Å². The summed E-state index contributed by atoms with van der Waals surface area (Å²) in [7, 11) is 0. The molecule has 0 aliphatic carbocycles. The van der Waals surface area contributed by atoms with Crippen LogP contribution in [0.3, 0.4) is 0 Å². The molecule has 0 atom stereocenters. The molecule has 3 aromatic carbocycles. The van der Waals surface area contributed by atoms with Crippen molar-refractivity contribution in [2.24, 2.45) is 0 Å². The number of aromatic carboxylic acids is 1. The summed E-state index contributed by atoms with van der Waals surface area (Å²) in [5.41, 5.74) is 1.20. The lowest BCUT2D eigenvalue weighted by atomic mass is 10.1. The number of carbonyl (C=O) groups is 2. The van der Waals surface area contributed by atoms with E-state index in [1.165, 1.54) is 12.1 Å². The quantitative estimate of drug-likeness (QED) is 0.577. The van der Waals surface area contributed by atoms with E-state index < -0.39 is 11.9 Å². The molecule has 3 rings (SSSR count). The van der Waals surface area contributed by atoms with Crippen molar-refractivity contribution in [3.05, 3.63) is 89.5 Å². The Bertz CT molecular complexity index is 952. The second-order valence-corrected chi connectivity index (χ2v) is 5.79. The van der Waals surface area contributed by atoms with E-state index in [4.69, 9.17) is 4.74 Å². The normalized spacial score (nSPS) is 10.2. The third-order valence-electron chi connectivity index (χ3n) is 3.85. The average molecular weight is 363 g/mol. The maximum absolute atomic E-state index is 12.4. The largest absolute Gasteiger partial charge is 0.508 e. The fraction of sp³-hybridized carbons (Fsp3) is 0.0476. The lowest BCUT2D eigenvalue weighted by Crippen LogP contribution is -2.14. The van der Waals surface area contributed by atoms with Gasteiger partial charge >= 0.3 is 5.97 Å². The molecule has 3 N–H and O–H groups in total. The van der Waals surface area contributed by atoms with E-state index in [2.05, 4.69) is 5.32 Å². The molecule has 6 nitrogen and oxygen atoms in total. The van der Waals surface area contributed by atoms with Gasteiger partial charge < -0.3 is 20.3 Å². The molecule has 0 saturated carbocycles. The van der Waals surface area contributed by atoms with Gasteiger partial charge in [-0.25, -0.2) is 4.79 Å². The van der Waals surface area contributed by atoms with Gasteiger partial charge in [-0.15, -0.1) is 0 Å². The average Bonchev–Trinajstić information content (AvgIpc) is 2.68. The Labute approximate surface area is 155 Å². The van der Waals surface area contributed by atoms with Crippen LogP contribution in [0.1, 0.15) is 26.3 Å². The topological polar surface area (TPSA) is 95.9 Å². The number of nitrogens with one attached hydrogen (secondary N) is 1. The third kappa shape index (κ3) is 4.64. The maximum Gasteiger partial charge on any atom is 0.337 e. The number of carboxylic acids is 1. The minimum absolute atomic E-state index is 0.113. The highest BCUT2D eigenvalue weighted by atomic mass is 16.5. The van der Waals surface area contributed by atoms with E-state index in [0.29, 0.717) is 12.2 Å². The number of hydrogen-bond donors (Lipinski definition) is 3. The first-order chi connectivity index (χ1) is 13.0. The van der Waals surface area contributed by atoms with E-state index in [0.717, 1.165) is 17.4 Å². The maximum atomic E-state index is 12.4. The van der Waals surface area contributed by atoms with E-state index in [1.54, 1.807) is 24.3 Å². The number of hydrogen-bond acceptors (Lipinski definition) is 4. The lowest BCUT2D eigenvalue weighted by Gasteiger charge is -2.10. The number of ether oxygens (including phenoxy) is 1. The lowest BCUT2D eigenvalue weighted by molar-refractivity contribution is 0.0697. The zero-order valence-corrected chi connectivity index (χ0v) is 14.3. The SMILES string of the molecule is O=C(Nc1ccc(O)cc1C(=O)O)c1ccc(COc2ccccc2)cc1. The van der Waals surface area contributed by atoms with Crippen LogP contribution in [-0.4, -0.2) is 22.1 Å². The van der Waals surface area contributed by atoms with Gasteiger partial charge in [-0.2, -0.15) is 0 Å². The van der Waals surface area contributed by atoms with Crippen LogP contribution in [0.15, 0.2) is 72.8 Å². The molecule has 0 aliphatic heterocycles. The summed E-state index contributed by atoms with van der Waals surface area (Å²) >= 11 is 0. The number of rotatable bonds is 6. The minimum Gasteiger partial charge on any atom is -0.508 e. The van der Waals surface area contributed by atoms with Gasteiger partial charge in [0.2, 0.25) is 0 Å². The number of benzene rings is 3. The van der Waals surface area contributed by atoms with Crippen molar-refractivity contribution in [1.29, 1.82) is 0 Å². The molecule has 3 aromatic rings. The molecule has 0 heterocycles. The summed E-state index contributed by atoms with van der Waals surface area (Å²) in [5.74, 6) is -1.12. The summed E-state index contributed by atoms with van der Waals surface area (Å²) in [6, 6.07) is 20.0. The highest BCUT2D eigenvalue weighted by Crippen LogP contribution is 2.22. The zero-order valence-electron chi connectivity index (χ0n) is 14.3. The Balaban J connectivity index is 1.67. The van der Waals surface area contributed by atoms with Crippen LogP contribution in [0, 0.1) is 0 Å². The molecule has 0 unspecified atom stereocenters. The van der Waals surface area contributed by atoms with Crippen LogP contribution in [0.2, 0.25) is 0 Å². The second kappa shape index (κ2) is 8.05. The molecule has 0 radical (unpaired) electrons. The van der Waals surface area contributed by atoms with E-state index >= 15 is 0 Å². The molecule has 0 bridgehead atoms. The third-order valence-corrected chi connectivity index (χ3v) is 3.85. The van der Waals surface area contributed by atoms with Crippen molar-refractivity contribution in [3.63, 3.8) is 0 Å². The monoisotopic (exact) mass is 363 g/mol. The molecule has 136 valence electrons. The summed E-state index contributed by atoms with van der Waals surface area (Å²) in [4.78, 5) is 23.6. The molecule has 0 aromatic heterocycles. The van der Waals surface area contributed by atoms with E-state index in [-0.39, 0.29) is 17.0 Å². The number of anilines is 1. The fourth-order valence-electron chi connectivity index (χ4n) is 2.45. The molecule has 0 saturated heterocycles. The van der Waals surface area contributed by atoms with Crippen LogP contribution < -0.4 is 10.1 Å². The molecule has 27 heavy (non-hydrogen) atoms. The molecule has 6 heteroatoms. The Morgan fingerprint density at radius 1 is 0.926 bits per heavy atom. The molecule has 1 amide bonds. The fourth-order valence-corrected chi connectivity index (χ4v) is 2.45. The van der Waals surface area contributed by atoms with Crippen molar-refractivity contribution in [2.75, 3.05) is 5.32 Å². The first-order valence-electron chi connectivity index (χ1n) is 8.17. The predicted octanol–water partition coefficient (Wildman–Crippen LogP) is 3.92. The van der Waals surface area contributed by atoms with Crippen molar-refractivity contribution in [2.45, 2.75) is 6.61 Å². The molecule has 0 fully saturated rings. The number of aromatic hydroxyl groups is 1. The summed E-state index contributed by atoms with van der Waals surface area (Å²) < 4.78 is 5.65. The van der Waals surface area contributed by atoms with Gasteiger partial charge in [0.1, 0.15) is 18.1 Å².